The number of para-hydroxylation sites is 1. The molecule has 0 spiro atoms. The zero-order valence-corrected chi connectivity index (χ0v) is 12.9. The van der Waals surface area contributed by atoms with Gasteiger partial charge in [-0.15, -0.1) is 0 Å². The second-order valence-corrected chi connectivity index (χ2v) is 6.06. The van der Waals surface area contributed by atoms with E-state index in [9.17, 15) is 0 Å². The van der Waals surface area contributed by atoms with Crippen molar-refractivity contribution in [2.24, 2.45) is 0 Å². The molecule has 0 aliphatic carbocycles. The number of hydrogen-bond donors (Lipinski definition) is 0. The number of methoxy groups -OCH3 is 1. The fourth-order valence-electron chi connectivity index (χ4n) is 3.71. The average molecular weight is 295 g/mol. The minimum Gasteiger partial charge on any atom is -0.493 e. The van der Waals surface area contributed by atoms with Crippen LogP contribution in [0.3, 0.4) is 0 Å². The Hall–Kier alpha value is -2.00. The lowest BCUT2D eigenvalue weighted by atomic mass is 9.92. The molecule has 1 saturated heterocycles. The Morgan fingerprint density at radius 2 is 1.91 bits per heavy atom. The van der Waals surface area contributed by atoms with Gasteiger partial charge in [0, 0.05) is 12.6 Å². The van der Waals surface area contributed by atoms with Crippen LogP contribution in [0.1, 0.15) is 30.0 Å². The Kier molecular flexibility index (Phi) is 3.51. The van der Waals surface area contributed by atoms with E-state index in [0.717, 1.165) is 30.2 Å². The smallest absolute Gasteiger partial charge is 0.169 e. The van der Waals surface area contributed by atoms with Gasteiger partial charge in [-0.25, -0.2) is 0 Å². The molecule has 0 bridgehead atoms. The van der Waals surface area contributed by atoms with Crippen LogP contribution in [0.4, 0.5) is 0 Å². The maximum Gasteiger partial charge on any atom is 0.169 e. The molecule has 3 heteroatoms. The van der Waals surface area contributed by atoms with Gasteiger partial charge < -0.3 is 9.47 Å². The molecule has 2 heterocycles. The van der Waals surface area contributed by atoms with Gasteiger partial charge in [-0.1, -0.05) is 18.2 Å². The minimum atomic E-state index is 0.573. The molecule has 2 aromatic carbocycles. The third kappa shape index (κ3) is 2.35. The van der Waals surface area contributed by atoms with Crippen molar-refractivity contribution in [1.82, 2.24) is 4.90 Å². The molecule has 0 radical (unpaired) electrons. The van der Waals surface area contributed by atoms with Crippen LogP contribution in [0.2, 0.25) is 0 Å². The fraction of sp³-hybridized carbons (Fsp3) is 0.368. The zero-order chi connectivity index (χ0) is 14.9. The molecule has 114 valence electrons. The van der Waals surface area contributed by atoms with Gasteiger partial charge in [-0.2, -0.15) is 0 Å². The summed E-state index contributed by atoms with van der Waals surface area (Å²) in [5.74, 6) is 2.49. The monoisotopic (exact) mass is 295 g/mol. The van der Waals surface area contributed by atoms with Gasteiger partial charge >= 0.3 is 0 Å². The highest BCUT2D eigenvalue weighted by atomic mass is 16.5. The van der Waals surface area contributed by atoms with Crippen molar-refractivity contribution in [3.05, 3.63) is 53.6 Å². The first-order valence-electron chi connectivity index (χ1n) is 8.03. The number of rotatable bonds is 3. The predicted molar refractivity (Wildman–Crippen MR) is 86.8 cm³/mol. The van der Waals surface area contributed by atoms with Gasteiger partial charge in [0.1, 0.15) is 5.75 Å². The average Bonchev–Trinajstić information content (AvgIpc) is 3.04. The lowest BCUT2D eigenvalue weighted by molar-refractivity contribution is 0.242. The Bertz CT molecular complexity index is 669. The molecule has 4 rings (SSSR count). The number of hydrogen-bond acceptors (Lipinski definition) is 3. The molecular formula is C19H21NO2. The van der Waals surface area contributed by atoms with E-state index < -0.39 is 0 Å². The highest BCUT2D eigenvalue weighted by molar-refractivity contribution is 5.51. The van der Waals surface area contributed by atoms with Crippen molar-refractivity contribution in [3.8, 4) is 17.2 Å². The topological polar surface area (TPSA) is 21.7 Å². The third-order valence-electron chi connectivity index (χ3n) is 4.79. The molecule has 1 atom stereocenters. The quantitative estimate of drug-likeness (QED) is 0.848. The highest BCUT2D eigenvalue weighted by Crippen LogP contribution is 2.43. The molecule has 3 nitrogen and oxygen atoms in total. The molecule has 2 aromatic rings. The molecule has 2 aliphatic heterocycles. The summed E-state index contributed by atoms with van der Waals surface area (Å²) in [6, 6.07) is 14.8. The molecule has 1 unspecified atom stereocenters. The summed E-state index contributed by atoms with van der Waals surface area (Å²) in [7, 11) is 1.72. The molecule has 0 amide bonds. The molecule has 22 heavy (non-hydrogen) atoms. The van der Waals surface area contributed by atoms with Crippen molar-refractivity contribution in [2.45, 2.75) is 25.3 Å². The van der Waals surface area contributed by atoms with Crippen molar-refractivity contribution in [1.29, 1.82) is 0 Å². The van der Waals surface area contributed by atoms with Crippen LogP contribution in [0.5, 0.6) is 17.2 Å². The summed E-state index contributed by atoms with van der Waals surface area (Å²) in [6.45, 7) is 2.39. The van der Waals surface area contributed by atoms with Gasteiger partial charge in [-0.3, -0.25) is 4.90 Å². The van der Waals surface area contributed by atoms with Crippen LogP contribution in [-0.4, -0.2) is 25.1 Å². The number of ether oxygens (including phenoxy) is 2. The van der Waals surface area contributed by atoms with E-state index in [0.29, 0.717) is 6.04 Å². The summed E-state index contributed by atoms with van der Waals surface area (Å²) >= 11 is 0. The van der Waals surface area contributed by atoms with Crippen molar-refractivity contribution < 1.29 is 9.47 Å². The maximum atomic E-state index is 6.04. The second-order valence-electron chi connectivity index (χ2n) is 6.06. The standard InChI is InChI=1S/C19H21NO2/c1-21-18-13-16-14(9-11-20-10-5-8-17(16)20)12-19(18)22-15-6-3-2-4-7-15/h2-4,6-7,12-13,17H,5,8-11H2,1H3. The summed E-state index contributed by atoms with van der Waals surface area (Å²) < 4.78 is 11.6. The van der Waals surface area contributed by atoms with Crippen molar-refractivity contribution in [3.63, 3.8) is 0 Å². The van der Waals surface area contributed by atoms with Crippen LogP contribution in [0.15, 0.2) is 42.5 Å². The van der Waals surface area contributed by atoms with E-state index in [1.807, 2.05) is 30.3 Å². The first kappa shape index (κ1) is 13.6. The Balaban J connectivity index is 1.71. The first-order chi connectivity index (χ1) is 10.8. The van der Waals surface area contributed by atoms with Crippen LogP contribution in [-0.2, 0) is 6.42 Å². The van der Waals surface area contributed by atoms with E-state index in [2.05, 4.69) is 17.0 Å². The Morgan fingerprint density at radius 1 is 1.05 bits per heavy atom. The number of fused-ring (bicyclic) bond motifs is 3. The van der Waals surface area contributed by atoms with Crippen LogP contribution >= 0.6 is 0 Å². The van der Waals surface area contributed by atoms with Gasteiger partial charge in [0.15, 0.2) is 11.5 Å². The van der Waals surface area contributed by atoms with E-state index in [1.165, 1.54) is 30.5 Å². The van der Waals surface area contributed by atoms with E-state index in [-0.39, 0.29) is 0 Å². The Morgan fingerprint density at radius 3 is 2.73 bits per heavy atom. The molecule has 0 saturated carbocycles. The van der Waals surface area contributed by atoms with Gasteiger partial charge in [0.2, 0.25) is 0 Å². The van der Waals surface area contributed by atoms with E-state index in [1.54, 1.807) is 7.11 Å². The first-order valence-corrected chi connectivity index (χ1v) is 8.03. The van der Waals surface area contributed by atoms with Crippen LogP contribution in [0, 0.1) is 0 Å². The molecule has 2 aliphatic rings. The summed E-state index contributed by atoms with van der Waals surface area (Å²) in [5, 5.41) is 0. The number of nitrogens with zero attached hydrogens (tertiary/aromatic N) is 1. The maximum absolute atomic E-state index is 6.04. The van der Waals surface area contributed by atoms with Crippen molar-refractivity contribution in [2.75, 3.05) is 20.2 Å². The lowest BCUT2D eigenvalue weighted by Crippen LogP contribution is -2.30. The Labute approximate surface area is 131 Å². The molecule has 1 fully saturated rings. The van der Waals surface area contributed by atoms with Gasteiger partial charge in [0.05, 0.1) is 7.11 Å². The summed E-state index contributed by atoms with van der Waals surface area (Å²) in [6.07, 6.45) is 3.66. The third-order valence-corrected chi connectivity index (χ3v) is 4.79. The van der Waals surface area contributed by atoms with Crippen LogP contribution < -0.4 is 9.47 Å². The highest BCUT2D eigenvalue weighted by Gasteiger charge is 2.32. The van der Waals surface area contributed by atoms with Crippen LogP contribution in [0.25, 0.3) is 0 Å². The van der Waals surface area contributed by atoms with Gasteiger partial charge in [-0.05, 0) is 61.2 Å². The summed E-state index contributed by atoms with van der Waals surface area (Å²) in [4.78, 5) is 2.60. The zero-order valence-electron chi connectivity index (χ0n) is 12.9. The van der Waals surface area contributed by atoms with Gasteiger partial charge in [0.25, 0.3) is 0 Å². The predicted octanol–water partition coefficient (Wildman–Crippen LogP) is 4.18. The normalized spacial score (nSPS) is 20.3. The largest absolute Gasteiger partial charge is 0.493 e. The van der Waals surface area contributed by atoms with E-state index >= 15 is 0 Å². The summed E-state index contributed by atoms with van der Waals surface area (Å²) in [5.41, 5.74) is 2.84. The second kappa shape index (κ2) is 5.65. The minimum absolute atomic E-state index is 0.573. The molecular weight excluding hydrogens is 274 g/mol. The van der Waals surface area contributed by atoms with Crippen molar-refractivity contribution >= 4 is 0 Å². The fourth-order valence-corrected chi connectivity index (χ4v) is 3.71. The SMILES string of the molecule is COc1cc2c(cc1Oc1ccccc1)CCN1CCCC21. The number of benzene rings is 2. The van der Waals surface area contributed by atoms with E-state index in [4.69, 9.17) is 9.47 Å². The lowest BCUT2D eigenvalue weighted by Gasteiger charge is -2.32. The molecule has 0 N–H and O–H groups in total. The molecule has 0 aromatic heterocycles.